The van der Waals surface area contributed by atoms with Gasteiger partial charge in [-0.25, -0.2) is 4.68 Å². The minimum absolute atomic E-state index is 0.00615. The van der Waals surface area contributed by atoms with Crippen molar-refractivity contribution in [2.75, 3.05) is 26.2 Å². The van der Waals surface area contributed by atoms with Gasteiger partial charge in [0, 0.05) is 31.7 Å². The van der Waals surface area contributed by atoms with E-state index in [0.717, 1.165) is 18.8 Å². The molecule has 128 valence electrons. The molecule has 0 saturated carbocycles. The number of carbonyl (C=O) groups excluding carboxylic acids is 1. The molecule has 1 saturated heterocycles. The van der Waals surface area contributed by atoms with E-state index in [0.29, 0.717) is 30.4 Å². The largest absolute Gasteiger partial charge is 0.477 e. The van der Waals surface area contributed by atoms with Crippen LogP contribution in [0.25, 0.3) is 5.82 Å². The Kier molecular flexibility index (Phi) is 4.75. The molecule has 0 spiro atoms. The molecule has 8 nitrogen and oxygen atoms in total. The highest BCUT2D eigenvalue weighted by molar-refractivity contribution is 5.95. The zero-order valence-electron chi connectivity index (χ0n) is 14.2. The molecular formula is C16H22N6O2. The molecule has 1 amide bonds. The summed E-state index contributed by atoms with van der Waals surface area (Å²) >= 11 is 0. The Bertz CT molecular complexity index is 712. The molecule has 8 heteroatoms. The first kappa shape index (κ1) is 16.4. The first-order chi connectivity index (χ1) is 11.6. The van der Waals surface area contributed by atoms with Gasteiger partial charge in [-0.2, -0.15) is 5.10 Å². The molecule has 1 aliphatic rings. The molecule has 2 aromatic rings. The third-order valence-corrected chi connectivity index (χ3v) is 4.14. The monoisotopic (exact) mass is 330 g/mol. The van der Waals surface area contributed by atoms with Crippen LogP contribution in [0.5, 0.6) is 5.88 Å². The number of ether oxygens (including phenoxy) is 1. The van der Waals surface area contributed by atoms with Crippen LogP contribution in [0.15, 0.2) is 18.3 Å². The average molecular weight is 330 g/mol. The van der Waals surface area contributed by atoms with E-state index in [2.05, 4.69) is 20.6 Å². The van der Waals surface area contributed by atoms with Crippen molar-refractivity contribution in [1.29, 1.82) is 0 Å². The van der Waals surface area contributed by atoms with Crippen molar-refractivity contribution in [2.24, 2.45) is 0 Å². The maximum atomic E-state index is 12.8. The van der Waals surface area contributed by atoms with E-state index in [4.69, 9.17) is 4.74 Å². The fourth-order valence-corrected chi connectivity index (χ4v) is 2.80. The lowest BCUT2D eigenvalue weighted by Crippen LogP contribution is -2.52. The number of nitrogens with zero attached hydrogens (tertiary/aromatic N) is 5. The van der Waals surface area contributed by atoms with Crippen molar-refractivity contribution in [2.45, 2.75) is 26.8 Å². The Balaban J connectivity index is 1.84. The molecule has 1 N–H and O–H groups in total. The standard InChI is InChI=1S/C16H22N6O2/c1-4-24-15-6-5-14(19-20-15)22-12(3)13(10-18-22)16(23)21-8-7-17-9-11(21)2/h5-6,10-11,17H,4,7-9H2,1-3H3/t11-/m1/s1. The minimum Gasteiger partial charge on any atom is -0.477 e. The fourth-order valence-electron chi connectivity index (χ4n) is 2.80. The first-order valence-corrected chi connectivity index (χ1v) is 8.15. The molecule has 0 radical (unpaired) electrons. The van der Waals surface area contributed by atoms with Gasteiger partial charge in [-0.3, -0.25) is 4.79 Å². The van der Waals surface area contributed by atoms with Crippen LogP contribution in [0, 0.1) is 6.92 Å². The van der Waals surface area contributed by atoms with Crippen LogP contribution in [0.3, 0.4) is 0 Å². The summed E-state index contributed by atoms with van der Waals surface area (Å²) in [5.74, 6) is 1.03. The van der Waals surface area contributed by atoms with Crippen LogP contribution in [0.2, 0.25) is 0 Å². The Hall–Kier alpha value is -2.48. The SMILES string of the molecule is CCOc1ccc(-n2ncc(C(=O)N3CCNC[C@H]3C)c2C)nn1. The summed E-state index contributed by atoms with van der Waals surface area (Å²) < 4.78 is 6.92. The number of hydrogen-bond donors (Lipinski definition) is 1. The Morgan fingerprint density at radius 2 is 2.25 bits per heavy atom. The summed E-state index contributed by atoms with van der Waals surface area (Å²) in [7, 11) is 0. The zero-order valence-corrected chi connectivity index (χ0v) is 14.2. The van der Waals surface area contributed by atoms with E-state index >= 15 is 0 Å². The minimum atomic E-state index is 0.00615. The highest BCUT2D eigenvalue weighted by Gasteiger charge is 2.27. The molecule has 1 fully saturated rings. The van der Waals surface area contributed by atoms with Gasteiger partial charge in [-0.15, -0.1) is 10.2 Å². The number of amides is 1. The van der Waals surface area contributed by atoms with E-state index in [1.54, 1.807) is 23.0 Å². The highest BCUT2D eigenvalue weighted by Crippen LogP contribution is 2.17. The van der Waals surface area contributed by atoms with Crippen molar-refractivity contribution in [3.63, 3.8) is 0 Å². The quantitative estimate of drug-likeness (QED) is 0.893. The molecule has 0 aliphatic carbocycles. The van der Waals surface area contributed by atoms with Gasteiger partial charge in [0.25, 0.3) is 5.91 Å². The van der Waals surface area contributed by atoms with E-state index in [1.807, 2.05) is 25.7 Å². The highest BCUT2D eigenvalue weighted by atomic mass is 16.5. The third-order valence-electron chi connectivity index (χ3n) is 4.14. The summed E-state index contributed by atoms with van der Waals surface area (Å²) in [6, 6.07) is 3.69. The van der Waals surface area contributed by atoms with Gasteiger partial charge in [0.05, 0.1) is 24.1 Å². The normalized spacial score (nSPS) is 17.8. The van der Waals surface area contributed by atoms with Crippen molar-refractivity contribution in [1.82, 2.24) is 30.2 Å². The van der Waals surface area contributed by atoms with Crippen LogP contribution in [-0.2, 0) is 0 Å². The van der Waals surface area contributed by atoms with Crippen LogP contribution >= 0.6 is 0 Å². The Morgan fingerprint density at radius 1 is 1.42 bits per heavy atom. The maximum absolute atomic E-state index is 12.8. The molecule has 0 aromatic carbocycles. The molecular weight excluding hydrogens is 308 g/mol. The van der Waals surface area contributed by atoms with E-state index < -0.39 is 0 Å². The van der Waals surface area contributed by atoms with Crippen molar-refractivity contribution >= 4 is 5.91 Å². The molecule has 1 aliphatic heterocycles. The summed E-state index contributed by atoms with van der Waals surface area (Å²) in [4.78, 5) is 14.7. The second-order valence-corrected chi connectivity index (χ2v) is 5.77. The molecule has 1 atom stereocenters. The maximum Gasteiger partial charge on any atom is 0.257 e. The Morgan fingerprint density at radius 3 is 2.92 bits per heavy atom. The fraction of sp³-hybridized carbons (Fsp3) is 0.500. The number of hydrogen-bond acceptors (Lipinski definition) is 6. The molecule has 2 aromatic heterocycles. The lowest BCUT2D eigenvalue weighted by Gasteiger charge is -2.33. The van der Waals surface area contributed by atoms with Crippen LogP contribution in [0.4, 0.5) is 0 Å². The average Bonchev–Trinajstić information content (AvgIpc) is 2.97. The number of piperazine rings is 1. The third kappa shape index (κ3) is 3.09. The number of carbonyl (C=O) groups is 1. The van der Waals surface area contributed by atoms with Gasteiger partial charge in [-0.1, -0.05) is 0 Å². The lowest BCUT2D eigenvalue weighted by atomic mass is 10.1. The van der Waals surface area contributed by atoms with Gasteiger partial charge >= 0.3 is 0 Å². The van der Waals surface area contributed by atoms with Crippen LogP contribution in [-0.4, -0.2) is 63.1 Å². The van der Waals surface area contributed by atoms with Crippen LogP contribution in [0.1, 0.15) is 29.9 Å². The number of aromatic nitrogens is 4. The van der Waals surface area contributed by atoms with Gasteiger partial charge in [0.2, 0.25) is 5.88 Å². The van der Waals surface area contributed by atoms with Crippen molar-refractivity contribution in [3.05, 3.63) is 29.6 Å². The Labute approximate surface area is 140 Å². The molecule has 24 heavy (non-hydrogen) atoms. The predicted octanol–water partition coefficient (Wildman–Crippen LogP) is 0.803. The van der Waals surface area contributed by atoms with Gasteiger partial charge in [0.1, 0.15) is 0 Å². The van der Waals surface area contributed by atoms with Gasteiger partial charge < -0.3 is 15.0 Å². The molecule has 3 heterocycles. The smallest absolute Gasteiger partial charge is 0.257 e. The van der Waals surface area contributed by atoms with Crippen LogP contribution < -0.4 is 10.1 Å². The van der Waals surface area contributed by atoms with Crippen molar-refractivity contribution in [3.8, 4) is 11.7 Å². The first-order valence-electron chi connectivity index (χ1n) is 8.15. The lowest BCUT2D eigenvalue weighted by molar-refractivity contribution is 0.0655. The van der Waals surface area contributed by atoms with Crippen molar-refractivity contribution < 1.29 is 9.53 Å². The number of rotatable bonds is 4. The summed E-state index contributed by atoms with van der Waals surface area (Å²) in [5.41, 5.74) is 1.35. The summed E-state index contributed by atoms with van der Waals surface area (Å²) in [5, 5.41) is 15.7. The van der Waals surface area contributed by atoms with Gasteiger partial charge in [0.15, 0.2) is 5.82 Å². The van der Waals surface area contributed by atoms with E-state index in [9.17, 15) is 4.79 Å². The second kappa shape index (κ2) is 6.96. The molecule has 3 rings (SSSR count). The van der Waals surface area contributed by atoms with Gasteiger partial charge in [-0.05, 0) is 26.8 Å². The van der Waals surface area contributed by atoms with E-state index in [-0.39, 0.29) is 11.9 Å². The summed E-state index contributed by atoms with van der Waals surface area (Å²) in [6.45, 7) is 8.66. The zero-order chi connectivity index (χ0) is 17.1. The summed E-state index contributed by atoms with van der Waals surface area (Å²) in [6.07, 6.45) is 1.60. The topological polar surface area (TPSA) is 85.2 Å². The predicted molar refractivity (Wildman–Crippen MR) is 88.4 cm³/mol. The van der Waals surface area contributed by atoms with E-state index in [1.165, 1.54) is 0 Å². The second-order valence-electron chi connectivity index (χ2n) is 5.77. The molecule has 0 bridgehead atoms. The number of nitrogens with one attached hydrogen (secondary N) is 1. The molecule has 0 unspecified atom stereocenters.